The van der Waals surface area contributed by atoms with E-state index < -0.39 is 0 Å². The molecular weight excluding hydrogens is 323 g/mol. The van der Waals surface area contributed by atoms with Crippen LogP contribution in [0.4, 0.5) is 0 Å². The number of halogens is 3. The third kappa shape index (κ3) is 4.50. The SMILES string of the molecule is CC(NC(=O)C1COCCN1)c1ccc(Cl)cc1Cl.Cl. The molecule has 1 amide bonds. The van der Waals surface area contributed by atoms with Crippen molar-refractivity contribution < 1.29 is 9.53 Å². The normalized spacial score (nSPS) is 19.9. The predicted molar refractivity (Wildman–Crippen MR) is 82.9 cm³/mol. The van der Waals surface area contributed by atoms with E-state index in [0.717, 1.165) is 5.56 Å². The molecular formula is C13H17Cl3N2O2. The van der Waals surface area contributed by atoms with Crippen LogP contribution < -0.4 is 10.6 Å². The fourth-order valence-corrected chi connectivity index (χ4v) is 2.55. The standard InChI is InChI=1S/C13H16Cl2N2O2.ClH/c1-8(10-3-2-9(14)6-11(10)15)17-13(18)12-7-19-5-4-16-12;/h2-3,6,8,12,16H,4-5,7H2,1H3,(H,17,18);1H. The molecule has 4 nitrogen and oxygen atoms in total. The summed E-state index contributed by atoms with van der Waals surface area (Å²) in [7, 11) is 0. The highest BCUT2D eigenvalue weighted by atomic mass is 35.5. The third-order valence-corrected chi connectivity index (χ3v) is 3.59. The summed E-state index contributed by atoms with van der Waals surface area (Å²) in [5.74, 6) is -0.0850. The van der Waals surface area contributed by atoms with E-state index in [2.05, 4.69) is 10.6 Å². The van der Waals surface area contributed by atoms with Crippen LogP contribution >= 0.6 is 35.6 Å². The smallest absolute Gasteiger partial charge is 0.240 e. The number of nitrogens with one attached hydrogen (secondary N) is 2. The lowest BCUT2D eigenvalue weighted by Gasteiger charge is -2.25. The molecule has 112 valence electrons. The maximum atomic E-state index is 12.0. The Hall–Kier alpha value is -0.520. The Morgan fingerprint density at radius 2 is 2.25 bits per heavy atom. The van der Waals surface area contributed by atoms with Gasteiger partial charge in [-0.05, 0) is 24.6 Å². The first-order chi connectivity index (χ1) is 9.08. The van der Waals surface area contributed by atoms with Gasteiger partial charge in [-0.2, -0.15) is 0 Å². The lowest BCUT2D eigenvalue weighted by Crippen LogP contribution is -2.51. The number of rotatable bonds is 3. The minimum atomic E-state index is -0.303. The molecule has 0 aliphatic carbocycles. The summed E-state index contributed by atoms with van der Waals surface area (Å²) in [4.78, 5) is 12.0. The van der Waals surface area contributed by atoms with Crippen molar-refractivity contribution in [2.75, 3.05) is 19.8 Å². The van der Waals surface area contributed by atoms with Crippen LogP contribution in [0.15, 0.2) is 18.2 Å². The van der Waals surface area contributed by atoms with Gasteiger partial charge in [0.25, 0.3) is 0 Å². The van der Waals surface area contributed by atoms with Gasteiger partial charge in [0.05, 0.1) is 19.3 Å². The summed E-state index contributed by atoms with van der Waals surface area (Å²) in [5.41, 5.74) is 0.844. The van der Waals surface area contributed by atoms with E-state index in [1.54, 1.807) is 12.1 Å². The number of amides is 1. The van der Waals surface area contributed by atoms with E-state index >= 15 is 0 Å². The first-order valence-corrected chi connectivity index (χ1v) is 6.90. The van der Waals surface area contributed by atoms with Crippen LogP contribution in [-0.4, -0.2) is 31.7 Å². The summed E-state index contributed by atoms with van der Waals surface area (Å²) in [6, 6.07) is 4.76. The van der Waals surface area contributed by atoms with Gasteiger partial charge in [0.15, 0.2) is 0 Å². The number of hydrogen-bond donors (Lipinski definition) is 2. The van der Waals surface area contributed by atoms with Crippen LogP contribution in [0.25, 0.3) is 0 Å². The first kappa shape index (κ1) is 17.5. The third-order valence-electron chi connectivity index (χ3n) is 3.03. The number of ether oxygens (including phenoxy) is 1. The van der Waals surface area contributed by atoms with E-state index in [9.17, 15) is 4.79 Å². The second kappa shape index (κ2) is 8.05. The molecule has 1 aromatic rings. The molecule has 0 spiro atoms. The van der Waals surface area contributed by atoms with Crippen molar-refractivity contribution in [1.82, 2.24) is 10.6 Å². The van der Waals surface area contributed by atoms with Crippen molar-refractivity contribution in [2.24, 2.45) is 0 Å². The van der Waals surface area contributed by atoms with Gasteiger partial charge in [-0.25, -0.2) is 0 Å². The molecule has 2 unspecified atom stereocenters. The van der Waals surface area contributed by atoms with Gasteiger partial charge in [0.2, 0.25) is 5.91 Å². The zero-order valence-corrected chi connectivity index (χ0v) is 13.3. The summed E-state index contributed by atoms with van der Waals surface area (Å²) in [6.45, 7) is 3.61. The van der Waals surface area contributed by atoms with E-state index in [4.69, 9.17) is 27.9 Å². The van der Waals surface area contributed by atoms with Gasteiger partial charge in [0.1, 0.15) is 6.04 Å². The molecule has 0 saturated carbocycles. The Balaban J connectivity index is 0.00000200. The molecule has 1 heterocycles. The number of carbonyl (C=O) groups excluding carboxylic acids is 1. The van der Waals surface area contributed by atoms with Crippen molar-refractivity contribution in [1.29, 1.82) is 0 Å². The molecule has 1 aliphatic heterocycles. The van der Waals surface area contributed by atoms with Crippen LogP contribution in [-0.2, 0) is 9.53 Å². The van der Waals surface area contributed by atoms with E-state index in [0.29, 0.717) is 29.8 Å². The van der Waals surface area contributed by atoms with Gasteiger partial charge in [-0.15, -0.1) is 12.4 Å². The molecule has 0 aromatic heterocycles. The number of benzene rings is 1. The van der Waals surface area contributed by atoms with Crippen LogP contribution in [0.1, 0.15) is 18.5 Å². The number of hydrogen-bond acceptors (Lipinski definition) is 3. The molecule has 7 heteroatoms. The minimum Gasteiger partial charge on any atom is -0.378 e. The van der Waals surface area contributed by atoms with Crippen molar-refractivity contribution in [3.63, 3.8) is 0 Å². The van der Waals surface area contributed by atoms with Crippen molar-refractivity contribution in [3.05, 3.63) is 33.8 Å². The first-order valence-electron chi connectivity index (χ1n) is 6.14. The molecule has 2 N–H and O–H groups in total. The second-order valence-corrected chi connectivity index (χ2v) is 5.32. The highest BCUT2D eigenvalue weighted by Crippen LogP contribution is 2.26. The summed E-state index contributed by atoms with van der Waals surface area (Å²) in [5, 5.41) is 7.15. The van der Waals surface area contributed by atoms with Crippen LogP contribution in [0.3, 0.4) is 0 Å². The molecule has 0 radical (unpaired) electrons. The van der Waals surface area contributed by atoms with E-state index in [1.165, 1.54) is 0 Å². The predicted octanol–water partition coefficient (Wildman–Crippen LogP) is 2.58. The Morgan fingerprint density at radius 3 is 2.85 bits per heavy atom. The molecule has 2 atom stereocenters. The van der Waals surface area contributed by atoms with Gasteiger partial charge in [0, 0.05) is 16.6 Å². The monoisotopic (exact) mass is 338 g/mol. The number of carbonyl (C=O) groups is 1. The lowest BCUT2D eigenvalue weighted by molar-refractivity contribution is -0.126. The maximum Gasteiger partial charge on any atom is 0.240 e. The van der Waals surface area contributed by atoms with Gasteiger partial charge in [-0.3, -0.25) is 4.79 Å². The summed E-state index contributed by atoms with van der Waals surface area (Å²) < 4.78 is 5.26. The van der Waals surface area contributed by atoms with Crippen molar-refractivity contribution in [3.8, 4) is 0 Å². The highest BCUT2D eigenvalue weighted by molar-refractivity contribution is 6.35. The molecule has 1 saturated heterocycles. The molecule has 0 bridgehead atoms. The van der Waals surface area contributed by atoms with Gasteiger partial charge < -0.3 is 15.4 Å². The molecule has 2 rings (SSSR count). The lowest BCUT2D eigenvalue weighted by atomic mass is 10.1. The highest BCUT2D eigenvalue weighted by Gasteiger charge is 2.23. The summed E-state index contributed by atoms with van der Waals surface area (Å²) >= 11 is 12.0. The fourth-order valence-electron chi connectivity index (χ4n) is 1.98. The zero-order valence-electron chi connectivity index (χ0n) is 11.0. The van der Waals surface area contributed by atoms with Crippen molar-refractivity contribution >= 4 is 41.5 Å². The minimum absolute atomic E-state index is 0. The van der Waals surface area contributed by atoms with Crippen molar-refractivity contribution in [2.45, 2.75) is 19.0 Å². The van der Waals surface area contributed by atoms with Gasteiger partial charge >= 0.3 is 0 Å². The Bertz CT molecular complexity index is 465. The van der Waals surface area contributed by atoms with Crippen LogP contribution in [0.5, 0.6) is 0 Å². The largest absolute Gasteiger partial charge is 0.378 e. The average Bonchev–Trinajstić information content (AvgIpc) is 2.39. The topological polar surface area (TPSA) is 50.4 Å². The second-order valence-electron chi connectivity index (χ2n) is 4.48. The Kier molecular flexibility index (Phi) is 7.06. The molecule has 1 aromatic carbocycles. The van der Waals surface area contributed by atoms with E-state index in [1.807, 2.05) is 13.0 Å². The quantitative estimate of drug-likeness (QED) is 0.890. The van der Waals surface area contributed by atoms with Crippen LogP contribution in [0.2, 0.25) is 10.0 Å². The Morgan fingerprint density at radius 1 is 1.50 bits per heavy atom. The maximum absolute atomic E-state index is 12.0. The molecule has 1 fully saturated rings. The number of morpholine rings is 1. The average molecular weight is 340 g/mol. The fraction of sp³-hybridized carbons (Fsp3) is 0.462. The summed E-state index contributed by atoms with van der Waals surface area (Å²) in [6.07, 6.45) is 0. The molecule has 1 aliphatic rings. The van der Waals surface area contributed by atoms with E-state index in [-0.39, 0.29) is 30.4 Å². The molecule has 20 heavy (non-hydrogen) atoms. The Labute approximate surface area is 134 Å². The van der Waals surface area contributed by atoms with Gasteiger partial charge in [-0.1, -0.05) is 29.3 Å². The van der Waals surface area contributed by atoms with Crippen LogP contribution in [0, 0.1) is 0 Å². The zero-order chi connectivity index (χ0) is 13.8.